The number of para-hydroxylation sites is 2. The predicted molar refractivity (Wildman–Crippen MR) is 83.5 cm³/mol. The summed E-state index contributed by atoms with van der Waals surface area (Å²) in [5, 5.41) is 11.0. The first kappa shape index (κ1) is 17.4. The molecule has 1 atom stereocenters. The third kappa shape index (κ3) is 4.06. The Morgan fingerprint density at radius 3 is 2.58 bits per heavy atom. The SMILES string of the molecule is COC(=O)c1cc(Oc2ccccc2NS(=O)[O-])ccc1[N+](=O)[O-]. The van der Waals surface area contributed by atoms with Crippen molar-refractivity contribution >= 4 is 28.6 Å². The molecule has 0 aliphatic carbocycles. The number of hydrogen-bond acceptors (Lipinski definition) is 7. The molecule has 0 aliphatic rings. The van der Waals surface area contributed by atoms with Gasteiger partial charge in [0.2, 0.25) is 0 Å². The van der Waals surface area contributed by atoms with Crippen molar-refractivity contribution in [2.45, 2.75) is 0 Å². The van der Waals surface area contributed by atoms with Gasteiger partial charge >= 0.3 is 5.97 Å². The molecule has 1 N–H and O–H groups in total. The summed E-state index contributed by atoms with van der Waals surface area (Å²) in [5.41, 5.74) is -0.539. The smallest absolute Gasteiger partial charge is 0.345 e. The first-order valence-corrected chi connectivity index (χ1v) is 7.49. The highest BCUT2D eigenvalue weighted by Gasteiger charge is 2.22. The van der Waals surface area contributed by atoms with E-state index in [4.69, 9.17) is 4.74 Å². The maximum absolute atomic E-state index is 11.7. The Balaban J connectivity index is 2.39. The Hall–Kier alpha value is -2.98. The van der Waals surface area contributed by atoms with Gasteiger partial charge in [-0.2, -0.15) is 0 Å². The van der Waals surface area contributed by atoms with Crippen molar-refractivity contribution in [1.82, 2.24) is 0 Å². The number of carbonyl (C=O) groups is 1. The van der Waals surface area contributed by atoms with Crippen LogP contribution < -0.4 is 9.46 Å². The molecule has 0 amide bonds. The van der Waals surface area contributed by atoms with Gasteiger partial charge < -0.3 is 18.7 Å². The van der Waals surface area contributed by atoms with Gasteiger partial charge in [0.1, 0.15) is 11.3 Å². The van der Waals surface area contributed by atoms with E-state index in [2.05, 4.69) is 9.46 Å². The molecule has 0 aliphatic heterocycles. The van der Waals surface area contributed by atoms with Crippen molar-refractivity contribution in [3.8, 4) is 11.5 Å². The van der Waals surface area contributed by atoms with E-state index in [1.165, 1.54) is 18.2 Å². The number of nitrogens with zero attached hydrogens (tertiary/aromatic N) is 1. The van der Waals surface area contributed by atoms with E-state index >= 15 is 0 Å². The second-order valence-electron chi connectivity index (χ2n) is 4.36. The Morgan fingerprint density at radius 1 is 1.25 bits per heavy atom. The number of ether oxygens (including phenoxy) is 2. The number of nitrogens with one attached hydrogen (secondary N) is 1. The van der Waals surface area contributed by atoms with Gasteiger partial charge in [0.25, 0.3) is 5.69 Å². The van der Waals surface area contributed by atoms with Gasteiger partial charge in [-0.15, -0.1) is 0 Å². The highest BCUT2D eigenvalue weighted by atomic mass is 32.2. The molecule has 0 fully saturated rings. The highest BCUT2D eigenvalue weighted by Crippen LogP contribution is 2.32. The van der Waals surface area contributed by atoms with E-state index in [0.29, 0.717) is 0 Å². The summed E-state index contributed by atoms with van der Waals surface area (Å²) in [6.45, 7) is 0. The zero-order valence-corrected chi connectivity index (χ0v) is 13.1. The van der Waals surface area contributed by atoms with Crippen molar-refractivity contribution in [3.05, 3.63) is 58.1 Å². The number of esters is 1. The van der Waals surface area contributed by atoms with Crippen LogP contribution in [-0.4, -0.2) is 26.8 Å². The van der Waals surface area contributed by atoms with Gasteiger partial charge in [-0.1, -0.05) is 12.1 Å². The fourth-order valence-corrected chi connectivity index (χ4v) is 2.22. The number of hydrogen-bond donors (Lipinski definition) is 1. The van der Waals surface area contributed by atoms with Crippen LogP contribution >= 0.6 is 0 Å². The lowest BCUT2D eigenvalue weighted by molar-refractivity contribution is -0.385. The van der Waals surface area contributed by atoms with Crippen molar-refractivity contribution < 1.29 is 28.0 Å². The lowest BCUT2D eigenvalue weighted by Crippen LogP contribution is -2.06. The number of nitro benzene ring substituents is 1. The minimum absolute atomic E-state index is 0.104. The molecule has 0 bridgehead atoms. The van der Waals surface area contributed by atoms with E-state index in [1.54, 1.807) is 12.1 Å². The monoisotopic (exact) mass is 351 g/mol. The standard InChI is InChI=1S/C14H12N2O7S/c1-22-14(17)10-8-9(6-7-12(10)16(18)19)23-13-5-3-2-4-11(13)15-24(20)21/h2-8,15H,1H3,(H,20,21)/p-1. The molecule has 2 rings (SSSR count). The maximum atomic E-state index is 11.7. The summed E-state index contributed by atoms with van der Waals surface area (Å²) in [6.07, 6.45) is 0. The van der Waals surface area contributed by atoms with Crippen molar-refractivity contribution in [3.63, 3.8) is 0 Å². The molecule has 2 aromatic carbocycles. The fourth-order valence-electron chi connectivity index (χ4n) is 1.87. The quantitative estimate of drug-likeness (QED) is 0.366. The van der Waals surface area contributed by atoms with Gasteiger partial charge in [0.05, 0.1) is 17.7 Å². The van der Waals surface area contributed by atoms with E-state index in [-0.39, 0.29) is 22.7 Å². The zero-order valence-electron chi connectivity index (χ0n) is 12.3. The number of benzene rings is 2. The van der Waals surface area contributed by atoms with Gasteiger partial charge in [-0.3, -0.25) is 14.3 Å². The molecule has 1 unspecified atom stereocenters. The summed E-state index contributed by atoms with van der Waals surface area (Å²) < 4.78 is 33.7. The van der Waals surface area contributed by atoms with Crippen LogP contribution in [0.2, 0.25) is 0 Å². The summed E-state index contributed by atoms with van der Waals surface area (Å²) in [4.78, 5) is 21.9. The Bertz CT molecular complexity index is 809. The number of methoxy groups -OCH3 is 1. The summed E-state index contributed by atoms with van der Waals surface area (Å²) >= 11 is -2.55. The first-order chi connectivity index (χ1) is 11.4. The lowest BCUT2D eigenvalue weighted by Gasteiger charge is -2.14. The molecule has 0 heterocycles. The van der Waals surface area contributed by atoms with Gasteiger partial charge in [0, 0.05) is 23.4 Å². The summed E-state index contributed by atoms with van der Waals surface area (Å²) in [7, 11) is 1.10. The summed E-state index contributed by atoms with van der Waals surface area (Å²) in [6, 6.07) is 9.71. The largest absolute Gasteiger partial charge is 0.755 e. The van der Waals surface area contributed by atoms with Gasteiger partial charge in [-0.25, -0.2) is 4.79 Å². The summed E-state index contributed by atoms with van der Waals surface area (Å²) in [5.74, 6) is -0.627. The van der Waals surface area contributed by atoms with Crippen molar-refractivity contribution in [2.75, 3.05) is 11.8 Å². The molecular weight excluding hydrogens is 340 g/mol. The molecule has 0 spiro atoms. The topological polar surface area (TPSA) is 131 Å². The normalized spacial score (nSPS) is 11.4. The molecule has 126 valence electrons. The third-order valence-corrected chi connectivity index (χ3v) is 3.26. The number of nitro groups is 1. The fraction of sp³-hybridized carbons (Fsp3) is 0.0714. The highest BCUT2D eigenvalue weighted by molar-refractivity contribution is 7.80. The Morgan fingerprint density at radius 2 is 1.96 bits per heavy atom. The van der Waals surface area contributed by atoms with Crippen molar-refractivity contribution in [1.29, 1.82) is 0 Å². The predicted octanol–water partition coefficient (Wildman–Crippen LogP) is 2.38. The third-order valence-electron chi connectivity index (χ3n) is 2.88. The molecule has 0 radical (unpaired) electrons. The van der Waals surface area contributed by atoms with Crippen LogP contribution in [0.25, 0.3) is 0 Å². The maximum Gasteiger partial charge on any atom is 0.345 e. The molecule has 10 heteroatoms. The Kier molecular flexibility index (Phi) is 5.45. The van der Waals surface area contributed by atoms with Crippen LogP contribution in [0.4, 0.5) is 11.4 Å². The van der Waals surface area contributed by atoms with Crippen LogP contribution in [0.5, 0.6) is 11.5 Å². The first-order valence-electron chi connectivity index (χ1n) is 6.42. The molecule has 9 nitrogen and oxygen atoms in total. The molecular formula is C14H11N2O7S-. The molecule has 0 aromatic heterocycles. The molecule has 2 aromatic rings. The zero-order chi connectivity index (χ0) is 17.7. The molecule has 0 saturated heterocycles. The van der Waals surface area contributed by atoms with Crippen LogP contribution in [0.15, 0.2) is 42.5 Å². The number of rotatable bonds is 6. The second-order valence-corrected chi connectivity index (χ2v) is 5.04. The average Bonchev–Trinajstić information content (AvgIpc) is 2.55. The van der Waals surface area contributed by atoms with Crippen LogP contribution in [-0.2, 0) is 16.0 Å². The van der Waals surface area contributed by atoms with E-state index in [1.807, 2.05) is 0 Å². The number of carbonyl (C=O) groups excluding carboxylic acids is 1. The van der Waals surface area contributed by atoms with Crippen molar-refractivity contribution in [2.24, 2.45) is 0 Å². The van der Waals surface area contributed by atoms with Gasteiger partial charge in [-0.05, 0) is 18.2 Å². The second kappa shape index (κ2) is 7.53. The number of anilines is 1. The van der Waals surface area contributed by atoms with Crippen LogP contribution in [0.1, 0.15) is 10.4 Å². The van der Waals surface area contributed by atoms with E-state index < -0.39 is 27.8 Å². The minimum Gasteiger partial charge on any atom is -0.755 e. The Labute approximate surface area is 138 Å². The minimum atomic E-state index is -2.55. The van der Waals surface area contributed by atoms with E-state index in [0.717, 1.165) is 19.2 Å². The average molecular weight is 351 g/mol. The van der Waals surface area contributed by atoms with E-state index in [9.17, 15) is 23.7 Å². The van der Waals surface area contributed by atoms with Gasteiger partial charge in [0.15, 0.2) is 5.75 Å². The van der Waals surface area contributed by atoms with Crippen LogP contribution in [0, 0.1) is 10.1 Å². The lowest BCUT2D eigenvalue weighted by atomic mass is 10.1. The van der Waals surface area contributed by atoms with Crippen LogP contribution in [0.3, 0.4) is 0 Å². The molecule has 0 saturated carbocycles. The molecule has 24 heavy (non-hydrogen) atoms.